The second-order valence-electron chi connectivity index (χ2n) is 6.54. The number of nitrogens with one attached hydrogen (secondary N) is 1. The van der Waals surface area contributed by atoms with Gasteiger partial charge in [-0.15, -0.1) is 0 Å². The van der Waals surface area contributed by atoms with Crippen LogP contribution in [0.25, 0.3) is 0 Å². The van der Waals surface area contributed by atoms with Crippen molar-refractivity contribution >= 4 is 21.6 Å². The minimum atomic E-state index is -3.91. The monoisotopic (exact) mass is 408 g/mol. The first kappa shape index (κ1) is 20.4. The van der Waals surface area contributed by atoms with Crippen LogP contribution >= 0.6 is 0 Å². The number of sulfonamides is 1. The molecule has 2 aromatic carbocycles. The molecule has 0 aromatic heterocycles. The zero-order valence-corrected chi connectivity index (χ0v) is 16.1. The fourth-order valence-corrected chi connectivity index (χ4v) is 4.31. The summed E-state index contributed by atoms with van der Waals surface area (Å²) >= 11 is 0. The number of anilines is 1. The van der Waals surface area contributed by atoms with E-state index in [1.807, 2.05) is 0 Å². The van der Waals surface area contributed by atoms with Crippen LogP contribution in [0.3, 0.4) is 0 Å². The lowest BCUT2D eigenvalue weighted by Gasteiger charge is -2.21. The highest BCUT2D eigenvalue weighted by atomic mass is 32.2. The van der Waals surface area contributed by atoms with E-state index in [1.54, 1.807) is 19.1 Å². The van der Waals surface area contributed by atoms with Gasteiger partial charge in [0.1, 0.15) is 5.82 Å². The Labute approximate surface area is 162 Å². The highest BCUT2D eigenvalue weighted by Gasteiger charge is 2.29. The highest BCUT2D eigenvalue weighted by Crippen LogP contribution is 2.20. The van der Waals surface area contributed by atoms with E-state index in [4.69, 9.17) is 4.74 Å². The molecule has 3 rings (SSSR count). The van der Waals surface area contributed by atoms with Gasteiger partial charge in [0.15, 0.2) is 0 Å². The molecule has 28 heavy (non-hydrogen) atoms. The number of rotatable bonds is 4. The van der Waals surface area contributed by atoms with Crippen LogP contribution in [0.5, 0.6) is 0 Å². The number of aryl methyl sites for hydroxylation is 1. The van der Waals surface area contributed by atoms with Crippen LogP contribution < -0.4 is 5.32 Å². The second kappa shape index (κ2) is 8.36. The van der Waals surface area contributed by atoms with E-state index in [1.165, 1.54) is 30.3 Å². The molecule has 1 aliphatic heterocycles. The van der Waals surface area contributed by atoms with Crippen LogP contribution in [0.15, 0.2) is 47.4 Å². The Hall–Kier alpha value is -2.33. The molecule has 0 saturated carbocycles. The summed E-state index contributed by atoms with van der Waals surface area (Å²) < 4.78 is 45.7. The van der Waals surface area contributed by atoms with E-state index in [0.29, 0.717) is 5.56 Å². The lowest BCUT2D eigenvalue weighted by molar-refractivity contribution is 0.0583. The van der Waals surface area contributed by atoms with Crippen molar-refractivity contribution in [3.63, 3.8) is 0 Å². The second-order valence-corrected chi connectivity index (χ2v) is 8.48. The van der Waals surface area contributed by atoms with E-state index in [-0.39, 0.29) is 42.4 Å². The molecular weight excluding hydrogens is 387 g/mol. The molecule has 0 radical (unpaired) electrons. The Bertz CT molecular complexity index is 980. The third-order valence-electron chi connectivity index (χ3n) is 4.37. The van der Waals surface area contributed by atoms with E-state index in [9.17, 15) is 22.7 Å². The lowest BCUT2D eigenvalue weighted by Crippen LogP contribution is -2.37. The van der Waals surface area contributed by atoms with Crippen LogP contribution in [0.1, 0.15) is 15.9 Å². The summed E-state index contributed by atoms with van der Waals surface area (Å²) in [6.45, 7) is 1.89. The molecule has 1 atom stereocenters. The Balaban J connectivity index is 1.82. The van der Waals surface area contributed by atoms with Gasteiger partial charge in [0.2, 0.25) is 10.0 Å². The first-order valence-electron chi connectivity index (χ1n) is 8.71. The Kier molecular flexibility index (Phi) is 6.09. The standard InChI is InChI=1S/C19H21FN2O5S/c1-13-5-6-15(10-18(13)20)21-19(24)14-3-2-4-17(9-14)28(25,26)22-7-8-27-12-16(23)11-22/h2-6,9-10,16,23H,7-8,11-12H2,1H3,(H,21,24). The molecule has 1 saturated heterocycles. The van der Waals surface area contributed by atoms with Gasteiger partial charge < -0.3 is 15.2 Å². The third-order valence-corrected chi connectivity index (χ3v) is 6.23. The maximum absolute atomic E-state index is 13.7. The number of ether oxygens (including phenoxy) is 1. The average Bonchev–Trinajstić information content (AvgIpc) is 2.90. The maximum Gasteiger partial charge on any atom is 0.255 e. The number of carbonyl (C=O) groups is 1. The molecule has 1 heterocycles. The van der Waals surface area contributed by atoms with E-state index in [2.05, 4.69) is 5.32 Å². The molecule has 7 nitrogen and oxygen atoms in total. The van der Waals surface area contributed by atoms with Crippen LogP contribution in [-0.2, 0) is 14.8 Å². The molecule has 9 heteroatoms. The molecule has 1 unspecified atom stereocenters. The van der Waals surface area contributed by atoms with Crippen molar-refractivity contribution in [3.8, 4) is 0 Å². The molecule has 150 valence electrons. The van der Waals surface area contributed by atoms with Crippen LogP contribution in [0, 0.1) is 12.7 Å². The molecule has 1 aliphatic rings. The first-order valence-corrected chi connectivity index (χ1v) is 10.1. The summed E-state index contributed by atoms with van der Waals surface area (Å²) in [7, 11) is -3.91. The van der Waals surface area contributed by atoms with Gasteiger partial charge in [0.05, 0.1) is 24.2 Å². The summed E-state index contributed by atoms with van der Waals surface area (Å²) in [4.78, 5) is 12.4. The Morgan fingerprint density at radius 2 is 2.07 bits per heavy atom. The summed E-state index contributed by atoms with van der Waals surface area (Å²) in [5.41, 5.74) is 0.845. The summed E-state index contributed by atoms with van der Waals surface area (Å²) in [6.07, 6.45) is -0.916. The molecule has 2 aromatic rings. The highest BCUT2D eigenvalue weighted by molar-refractivity contribution is 7.89. The van der Waals surface area contributed by atoms with Gasteiger partial charge >= 0.3 is 0 Å². The fourth-order valence-electron chi connectivity index (χ4n) is 2.80. The number of nitrogens with zero attached hydrogens (tertiary/aromatic N) is 1. The van der Waals surface area contributed by atoms with Crippen molar-refractivity contribution in [2.45, 2.75) is 17.9 Å². The van der Waals surface area contributed by atoms with Gasteiger partial charge in [0, 0.05) is 24.3 Å². The van der Waals surface area contributed by atoms with E-state index < -0.39 is 27.9 Å². The Morgan fingerprint density at radius 3 is 2.82 bits per heavy atom. The van der Waals surface area contributed by atoms with Crippen LogP contribution in [0.4, 0.5) is 10.1 Å². The predicted molar refractivity (Wildman–Crippen MR) is 101 cm³/mol. The van der Waals surface area contributed by atoms with Gasteiger partial charge in [0.25, 0.3) is 5.91 Å². The number of hydrogen-bond donors (Lipinski definition) is 2. The quantitative estimate of drug-likeness (QED) is 0.804. The maximum atomic E-state index is 13.7. The van der Waals surface area contributed by atoms with Crippen LogP contribution in [0.2, 0.25) is 0 Å². The third kappa shape index (κ3) is 4.56. The summed E-state index contributed by atoms with van der Waals surface area (Å²) in [6, 6.07) is 9.88. The number of carbonyl (C=O) groups excluding carboxylic acids is 1. The van der Waals surface area contributed by atoms with Gasteiger partial charge in [-0.1, -0.05) is 12.1 Å². The number of β-amino-alcohol motifs (C(OH)–C–C–N with tert-alkyl or cyclic N) is 1. The summed E-state index contributed by atoms with van der Waals surface area (Å²) in [5.74, 6) is -1.00. The Morgan fingerprint density at radius 1 is 1.29 bits per heavy atom. The zero-order valence-electron chi connectivity index (χ0n) is 15.3. The number of benzene rings is 2. The fraction of sp³-hybridized carbons (Fsp3) is 0.316. The minimum absolute atomic E-state index is 0.0654. The van der Waals surface area contributed by atoms with Crippen molar-refractivity contribution in [3.05, 3.63) is 59.4 Å². The van der Waals surface area contributed by atoms with E-state index >= 15 is 0 Å². The molecular formula is C19H21FN2O5S. The zero-order chi connectivity index (χ0) is 20.3. The predicted octanol–water partition coefficient (Wildman–Crippen LogP) is 1.77. The number of aliphatic hydroxyl groups excluding tert-OH is 1. The minimum Gasteiger partial charge on any atom is -0.389 e. The molecule has 2 N–H and O–H groups in total. The first-order chi connectivity index (χ1) is 13.3. The number of hydrogen-bond acceptors (Lipinski definition) is 5. The number of halogens is 1. The molecule has 0 bridgehead atoms. The van der Waals surface area contributed by atoms with Gasteiger partial charge in [-0.3, -0.25) is 4.79 Å². The molecule has 0 spiro atoms. The molecule has 0 aliphatic carbocycles. The lowest BCUT2D eigenvalue weighted by atomic mass is 10.2. The molecule has 1 amide bonds. The van der Waals surface area contributed by atoms with Crippen molar-refractivity contribution in [2.24, 2.45) is 0 Å². The summed E-state index contributed by atoms with van der Waals surface area (Å²) in [5, 5.41) is 12.3. The number of aliphatic hydroxyl groups is 1. The van der Waals surface area contributed by atoms with Crippen LogP contribution in [-0.4, -0.2) is 56.1 Å². The number of amides is 1. The van der Waals surface area contributed by atoms with Gasteiger partial charge in [-0.25, -0.2) is 12.8 Å². The van der Waals surface area contributed by atoms with Gasteiger partial charge in [-0.2, -0.15) is 4.31 Å². The van der Waals surface area contributed by atoms with Crippen molar-refractivity contribution in [1.82, 2.24) is 4.31 Å². The van der Waals surface area contributed by atoms with E-state index in [0.717, 1.165) is 4.31 Å². The average molecular weight is 408 g/mol. The topological polar surface area (TPSA) is 95.9 Å². The largest absolute Gasteiger partial charge is 0.389 e. The smallest absolute Gasteiger partial charge is 0.255 e. The van der Waals surface area contributed by atoms with Crippen molar-refractivity contribution in [1.29, 1.82) is 0 Å². The normalized spacial score (nSPS) is 18.5. The SMILES string of the molecule is Cc1ccc(NC(=O)c2cccc(S(=O)(=O)N3CCOCC(O)C3)c2)cc1F. The molecule has 1 fully saturated rings. The van der Waals surface area contributed by atoms with Crippen molar-refractivity contribution < 1.29 is 27.4 Å². The van der Waals surface area contributed by atoms with Crippen molar-refractivity contribution in [2.75, 3.05) is 31.6 Å². The van der Waals surface area contributed by atoms with Gasteiger partial charge in [-0.05, 0) is 42.8 Å².